The molecule has 1 saturated heterocycles. The Bertz CT molecular complexity index is 799. The number of nitro benzene ring substituents is 1. The van der Waals surface area contributed by atoms with E-state index in [2.05, 4.69) is 15.3 Å². The molecule has 0 spiro atoms. The van der Waals surface area contributed by atoms with Crippen molar-refractivity contribution in [1.82, 2.24) is 9.97 Å². The molecule has 26 heavy (non-hydrogen) atoms. The fraction of sp³-hybridized carbons (Fsp3) is 0.353. The van der Waals surface area contributed by atoms with Crippen LogP contribution < -0.4 is 15.0 Å². The molecule has 1 aliphatic rings. The Labute approximate surface area is 150 Å². The third-order valence-corrected chi connectivity index (χ3v) is 4.28. The van der Waals surface area contributed by atoms with Gasteiger partial charge < -0.3 is 15.0 Å². The van der Waals surface area contributed by atoms with Crippen molar-refractivity contribution in [3.05, 3.63) is 46.8 Å². The number of nitrogens with one attached hydrogen (secondary N) is 1. The van der Waals surface area contributed by atoms with Crippen LogP contribution in [0.15, 0.2) is 36.7 Å². The number of rotatable bonds is 5. The summed E-state index contributed by atoms with van der Waals surface area (Å²) >= 11 is 0. The summed E-state index contributed by atoms with van der Waals surface area (Å²) in [5.74, 6) is 0.502. The molecule has 0 aliphatic carbocycles. The first kappa shape index (κ1) is 17.6. The smallest absolute Gasteiger partial charge is 0.271 e. The van der Waals surface area contributed by atoms with Gasteiger partial charge in [-0.25, -0.2) is 9.97 Å². The molecule has 1 aromatic heterocycles. The standard InChI is InChI=1S/C17H19N5O4/c1-26-15-6-5-13(22(24)25)10-14(15)20-16(23)12-4-2-9-21(11-12)17-18-7-3-8-19-17/h3,5-8,10,12H,2,4,9,11H2,1H3,(H,20,23). The predicted molar refractivity (Wildman–Crippen MR) is 95.2 cm³/mol. The lowest BCUT2D eigenvalue weighted by Gasteiger charge is -2.32. The first-order valence-corrected chi connectivity index (χ1v) is 8.23. The summed E-state index contributed by atoms with van der Waals surface area (Å²) in [5.41, 5.74) is 0.184. The summed E-state index contributed by atoms with van der Waals surface area (Å²) in [6, 6.07) is 5.85. The minimum atomic E-state index is -0.510. The summed E-state index contributed by atoms with van der Waals surface area (Å²) in [6.07, 6.45) is 4.90. The van der Waals surface area contributed by atoms with Crippen molar-refractivity contribution < 1.29 is 14.5 Å². The van der Waals surface area contributed by atoms with Gasteiger partial charge in [-0.1, -0.05) is 0 Å². The number of carbonyl (C=O) groups excluding carboxylic acids is 1. The molecule has 1 amide bonds. The molecule has 2 heterocycles. The Kier molecular flexibility index (Phi) is 5.26. The highest BCUT2D eigenvalue weighted by Crippen LogP contribution is 2.30. The van der Waals surface area contributed by atoms with E-state index in [0.29, 0.717) is 23.9 Å². The molecular weight excluding hydrogens is 338 g/mol. The lowest BCUT2D eigenvalue weighted by molar-refractivity contribution is -0.384. The molecule has 0 bridgehead atoms. The summed E-state index contributed by atoms with van der Waals surface area (Å²) in [6.45, 7) is 1.28. The largest absolute Gasteiger partial charge is 0.495 e. The molecule has 1 unspecified atom stereocenters. The number of benzene rings is 1. The highest BCUT2D eigenvalue weighted by Gasteiger charge is 2.28. The van der Waals surface area contributed by atoms with Gasteiger partial charge in [0.2, 0.25) is 11.9 Å². The number of amides is 1. The van der Waals surface area contributed by atoms with Crippen LogP contribution in [-0.2, 0) is 4.79 Å². The highest BCUT2D eigenvalue weighted by atomic mass is 16.6. The van der Waals surface area contributed by atoms with Crippen molar-refractivity contribution in [3.63, 3.8) is 0 Å². The minimum absolute atomic E-state index is 0.107. The lowest BCUT2D eigenvalue weighted by atomic mass is 9.97. The number of piperidine rings is 1. The van der Waals surface area contributed by atoms with Crippen molar-refractivity contribution in [1.29, 1.82) is 0 Å². The number of non-ortho nitro benzene ring substituents is 1. The second-order valence-corrected chi connectivity index (χ2v) is 5.96. The van der Waals surface area contributed by atoms with Gasteiger partial charge >= 0.3 is 0 Å². The van der Waals surface area contributed by atoms with Gasteiger partial charge in [-0.3, -0.25) is 14.9 Å². The summed E-state index contributed by atoms with van der Waals surface area (Å²) in [7, 11) is 1.45. The van der Waals surface area contributed by atoms with Crippen LogP contribution in [0.4, 0.5) is 17.3 Å². The van der Waals surface area contributed by atoms with Crippen molar-refractivity contribution in [2.45, 2.75) is 12.8 Å². The zero-order valence-corrected chi connectivity index (χ0v) is 14.3. The zero-order chi connectivity index (χ0) is 18.5. The third-order valence-electron chi connectivity index (χ3n) is 4.28. The van der Waals surface area contributed by atoms with Gasteiger partial charge in [0, 0.05) is 37.6 Å². The number of nitro groups is 1. The number of methoxy groups -OCH3 is 1. The summed E-state index contributed by atoms with van der Waals surface area (Å²) in [4.78, 5) is 33.6. The molecule has 1 atom stereocenters. The first-order valence-electron chi connectivity index (χ1n) is 8.23. The van der Waals surface area contributed by atoms with E-state index in [9.17, 15) is 14.9 Å². The molecule has 2 aromatic rings. The second-order valence-electron chi connectivity index (χ2n) is 5.96. The summed E-state index contributed by atoms with van der Waals surface area (Å²) in [5, 5.41) is 13.7. The third kappa shape index (κ3) is 3.88. The van der Waals surface area contributed by atoms with Crippen molar-refractivity contribution in [2.24, 2.45) is 5.92 Å². The van der Waals surface area contributed by atoms with E-state index in [1.807, 2.05) is 4.90 Å². The van der Waals surface area contributed by atoms with Crippen LogP contribution >= 0.6 is 0 Å². The zero-order valence-electron chi connectivity index (χ0n) is 14.3. The lowest BCUT2D eigenvalue weighted by Crippen LogP contribution is -2.41. The van der Waals surface area contributed by atoms with Gasteiger partial charge in [0.05, 0.1) is 23.6 Å². The van der Waals surface area contributed by atoms with Crippen LogP contribution in [0.25, 0.3) is 0 Å². The van der Waals surface area contributed by atoms with Crippen LogP contribution in [0.2, 0.25) is 0 Å². The van der Waals surface area contributed by atoms with Gasteiger partial charge in [0.15, 0.2) is 0 Å². The maximum atomic E-state index is 12.7. The van der Waals surface area contributed by atoms with Gasteiger partial charge in [-0.15, -0.1) is 0 Å². The van der Waals surface area contributed by atoms with Crippen LogP contribution in [0, 0.1) is 16.0 Å². The van der Waals surface area contributed by atoms with E-state index in [4.69, 9.17) is 4.74 Å². The van der Waals surface area contributed by atoms with E-state index < -0.39 is 4.92 Å². The quantitative estimate of drug-likeness (QED) is 0.645. The van der Waals surface area contributed by atoms with Crippen LogP contribution in [0.5, 0.6) is 5.75 Å². The molecule has 9 nitrogen and oxygen atoms in total. The van der Waals surface area contributed by atoms with E-state index in [-0.39, 0.29) is 17.5 Å². The Morgan fingerprint density at radius 3 is 2.85 bits per heavy atom. The Morgan fingerprint density at radius 2 is 2.15 bits per heavy atom. The molecule has 1 fully saturated rings. The summed E-state index contributed by atoms with van der Waals surface area (Å²) < 4.78 is 5.19. The maximum Gasteiger partial charge on any atom is 0.271 e. The monoisotopic (exact) mass is 357 g/mol. The van der Waals surface area contributed by atoms with Crippen molar-refractivity contribution in [3.8, 4) is 5.75 Å². The molecule has 1 aromatic carbocycles. The SMILES string of the molecule is COc1ccc([N+](=O)[O-])cc1NC(=O)C1CCCN(c2ncccn2)C1. The number of hydrogen-bond donors (Lipinski definition) is 1. The minimum Gasteiger partial charge on any atom is -0.495 e. The maximum absolute atomic E-state index is 12.7. The first-order chi connectivity index (χ1) is 12.6. The van der Waals surface area contributed by atoms with E-state index >= 15 is 0 Å². The number of aromatic nitrogens is 2. The fourth-order valence-electron chi connectivity index (χ4n) is 2.97. The Hall–Kier alpha value is -3.23. The van der Waals surface area contributed by atoms with E-state index in [1.165, 1.54) is 25.3 Å². The highest BCUT2D eigenvalue weighted by molar-refractivity contribution is 5.94. The normalized spacial score (nSPS) is 16.8. The Balaban J connectivity index is 1.73. The van der Waals surface area contributed by atoms with Crippen LogP contribution in [0.3, 0.4) is 0 Å². The van der Waals surface area contributed by atoms with Gasteiger partial charge in [0.1, 0.15) is 5.75 Å². The number of hydrogen-bond acceptors (Lipinski definition) is 7. The molecule has 136 valence electrons. The van der Waals surface area contributed by atoms with E-state index in [0.717, 1.165) is 19.4 Å². The number of nitrogens with zero attached hydrogens (tertiary/aromatic N) is 4. The average Bonchev–Trinajstić information content (AvgIpc) is 2.68. The molecule has 1 N–H and O–H groups in total. The van der Waals surface area contributed by atoms with Gasteiger partial charge in [-0.2, -0.15) is 0 Å². The molecule has 1 aliphatic heterocycles. The Morgan fingerprint density at radius 1 is 1.38 bits per heavy atom. The molecule has 9 heteroatoms. The molecular formula is C17H19N5O4. The molecule has 0 saturated carbocycles. The van der Waals surface area contributed by atoms with Crippen molar-refractivity contribution in [2.75, 3.05) is 30.4 Å². The van der Waals surface area contributed by atoms with E-state index in [1.54, 1.807) is 18.5 Å². The second kappa shape index (κ2) is 7.77. The molecule has 0 radical (unpaired) electrons. The molecule has 3 rings (SSSR count). The van der Waals surface area contributed by atoms with Gasteiger partial charge in [-0.05, 0) is 25.0 Å². The number of anilines is 2. The topological polar surface area (TPSA) is 110 Å². The predicted octanol–water partition coefficient (Wildman–Crippen LogP) is 2.25. The average molecular weight is 357 g/mol. The van der Waals surface area contributed by atoms with Crippen LogP contribution in [0.1, 0.15) is 12.8 Å². The van der Waals surface area contributed by atoms with Gasteiger partial charge in [0.25, 0.3) is 5.69 Å². The van der Waals surface area contributed by atoms with Crippen LogP contribution in [-0.4, -0.2) is 41.0 Å². The number of ether oxygens (including phenoxy) is 1. The van der Waals surface area contributed by atoms with Crippen molar-refractivity contribution >= 4 is 23.2 Å². The number of carbonyl (C=O) groups is 1. The fourth-order valence-corrected chi connectivity index (χ4v) is 2.97.